The van der Waals surface area contributed by atoms with Gasteiger partial charge < -0.3 is 19.1 Å². The first-order valence-electron chi connectivity index (χ1n) is 6.20. The lowest BCUT2D eigenvalue weighted by Crippen LogP contribution is -2.39. The first-order valence-corrected chi connectivity index (χ1v) is 6.99. The molecule has 0 aromatic heterocycles. The number of carbonyl (C=O) groups is 2. The zero-order chi connectivity index (χ0) is 16.3. The summed E-state index contributed by atoms with van der Waals surface area (Å²) in [4.78, 5) is 25.1. The van der Waals surface area contributed by atoms with Crippen LogP contribution >= 0.6 is 15.9 Å². The van der Waals surface area contributed by atoms with E-state index >= 15 is 0 Å². The van der Waals surface area contributed by atoms with Crippen LogP contribution in [0.3, 0.4) is 0 Å². The van der Waals surface area contributed by atoms with Gasteiger partial charge in [0, 0.05) is 0 Å². The van der Waals surface area contributed by atoms with Crippen molar-refractivity contribution in [3.05, 3.63) is 39.8 Å². The predicted molar refractivity (Wildman–Crippen MR) is 78.5 cm³/mol. The zero-order valence-corrected chi connectivity index (χ0v) is 13.5. The van der Waals surface area contributed by atoms with Crippen molar-refractivity contribution in [2.24, 2.45) is 0 Å². The molecule has 0 amide bonds. The normalized spacial score (nSPS) is 14.8. The Balaban J connectivity index is 2.60. The molecule has 1 heterocycles. The number of ether oxygens (including phenoxy) is 3. The minimum atomic E-state index is -0.775. The summed E-state index contributed by atoms with van der Waals surface area (Å²) in [5, 5.41) is 0. The van der Waals surface area contributed by atoms with Gasteiger partial charge in [-0.1, -0.05) is 6.07 Å². The molecule has 0 N–H and O–H groups in total. The highest BCUT2D eigenvalue weighted by Crippen LogP contribution is 2.31. The molecule has 0 aliphatic carbocycles. The first kappa shape index (κ1) is 16.4. The second kappa shape index (κ2) is 6.89. The van der Waals surface area contributed by atoms with E-state index in [1.165, 1.54) is 31.3 Å². The Bertz CT molecular complexity index is 646. The van der Waals surface area contributed by atoms with E-state index in [-0.39, 0.29) is 34.8 Å². The fraction of sp³-hybridized carbons (Fsp3) is 0.286. The summed E-state index contributed by atoms with van der Waals surface area (Å²) < 4.78 is 29.1. The Hall–Kier alpha value is -1.93. The second-order valence-corrected chi connectivity index (χ2v) is 5.14. The van der Waals surface area contributed by atoms with E-state index in [4.69, 9.17) is 9.47 Å². The topological polar surface area (TPSA) is 65.1 Å². The highest BCUT2D eigenvalue weighted by Gasteiger charge is 2.33. The second-order valence-electron chi connectivity index (χ2n) is 4.29. The molecule has 2 rings (SSSR count). The lowest BCUT2D eigenvalue weighted by Gasteiger charge is -2.31. The van der Waals surface area contributed by atoms with E-state index in [0.717, 1.165) is 0 Å². The van der Waals surface area contributed by atoms with E-state index in [9.17, 15) is 14.0 Å². The van der Waals surface area contributed by atoms with Gasteiger partial charge in [-0.05, 0) is 28.1 Å². The average Bonchev–Trinajstić information content (AvgIpc) is 2.55. The van der Waals surface area contributed by atoms with E-state index in [1.54, 1.807) is 6.07 Å². The van der Waals surface area contributed by atoms with Crippen molar-refractivity contribution in [1.29, 1.82) is 0 Å². The van der Waals surface area contributed by atoms with E-state index in [0.29, 0.717) is 0 Å². The maximum absolute atomic E-state index is 14.3. The first-order chi connectivity index (χ1) is 10.5. The third-order valence-corrected chi connectivity index (χ3v) is 3.67. The number of rotatable bonds is 3. The molecular weight excluding hydrogens is 361 g/mol. The number of halogens is 2. The summed E-state index contributed by atoms with van der Waals surface area (Å²) in [6.07, 6.45) is 0. The molecule has 1 aliphatic heterocycles. The maximum Gasteiger partial charge on any atom is 0.355 e. The van der Waals surface area contributed by atoms with E-state index in [1.807, 2.05) is 0 Å². The SMILES string of the molecule is COC(=O)C1=C(C(=O)OC)N(c2cccc(Br)c2F)COC1. The fourth-order valence-corrected chi connectivity index (χ4v) is 2.39. The van der Waals surface area contributed by atoms with Crippen LogP contribution in [0.4, 0.5) is 10.1 Å². The Kier molecular flexibility index (Phi) is 5.15. The molecule has 1 aromatic carbocycles. The lowest BCUT2D eigenvalue weighted by atomic mass is 10.1. The standard InChI is InChI=1S/C14H13BrFNO5/c1-20-13(18)8-6-22-7-17(12(8)14(19)21-2)10-5-3-4-9(15)11(10)16/h3-5H,6-7H2,1-2H3. The van der Waals surface area contributed by atoms with Crippen LogP contribution in [0.1, 0.15) is 0 Å². The van der Waals surface area contributed by atoms with Gasteiger partial charge in [0.2, 0.25) is 0 Å². The molecule has 0 unspecified atom stereocenters. The third-order valence-electron chi connectivity index (χ3n) is 3.06. The van der Waals surface area contributed by atoms with Crippen LogP contribution in [0.5, 0.6) is 0 Å². The molecule has 6 nitrogen and oxygen atoms in total. The summed E-state index contributed by atoms with van der Waals surface area (Å²) in [6, 6.07) is 4.59. The van der Waals surface area contributed by atoms with Gasteiger partial charge in [0.1, 0.15) is 12.4 Å². The quantitative estimate of drug-likeness (QED) is 0.754. The van der Waals surface area contributed by atoms with Crippen molar-refractivity contribution in [3.8, 4) is 0 Å². The molecule has 0 spiro atoms. The number of benzene rings is 1. The Labute approximate surface area is 134 Å². The van der Waals surface area contributed by atoms with Crippen molar-refractivity contribution >= 4 is 33.6 Å². The third kappa shape index (κ3) is 2.97. The summed E-state index contributed by atoms with van der Waals surface area (Å²) in [5.41, 5.74) is -0.0477. The summed E-state index contributed by atoms with van der Waals surface area (Å²) in [7, 11) is 2.36. The number of methoxy groups -OCH3 is 2. The van der Waals surface area contributed by atoms with Gasteiger partial charge in [-0.15, -0.1) is 0 Å². The van der Waals surface area contributed by atoms with Crippen LogP contribution in [0, 0.1) is 5.82 Å². The maximum atomic E-state index is 14.3. The van der Waals surface area contributed by atoms with E-state index < -0.39 is 17.8 Å². The molecule has 0 radical (unpaired) electrons. The van der Waals surface area contributed by atoms with Crippen molar-refractivity contribution < 1.29 is 28.2 Å². The summed E-state index contributed by atoms with van der Waals surface area (Å²) >= 11 is 3.08. The highest BCUT2D eigenvalue weighted by atomic mass is 79.9. The van der Waals surface area contributed by atoms with Gasteiger partial charge >= 0.3 is 11.9 Å². The highest BCUT2D eigenvalue weighted by molar-refractivity contribution is 9.10. The summed E-state index contributed by atoms with van der Waals surface area (Å²) in [6.45, 7) is -0.221. The Morgan fingerprint density at radius 2 is 1.95 bits per heavy atom. The number of nitrogens with zero attached hydrogens (tertiary/aromatic N) is 1. The molecule has 0 fully saturated rings. The Morgan fingerprint density at radius 3 is 2.59 bits per heavy atom. The molecular formula is C14H13BrFNO5. The van der Waals surface area contributed by atoms with Crippen LogP contribution in [-0.2, 0) is 23.8 Å². The van der Waals surface area contributed by atoms with Gasteiger partial charge in [-0.3, -0.25) is 0 Å². The van der Waals surface area contributed by atoms with Gasteiger partial charge in [-0.2, -0.15) is 0 Å². The van der Waals surface area contributed by atoms with Crippen molar-refractivity contribution in [3.63, 3.8) is 0 Å². The van der Waals surface area contributed by atoms with Gasteiger partial charge in [0.25, 0.3) is 0 Å². The minimum absolute atomic E-state index is 0.0278. The molecule has 0 saturated heterocycles. The molecule has 1 aliphatic rings. The smallest absolute Gasteiger partial charge is 0.355 e. The largest absolute Gasteiger partial charge is 0.466 e. The molecule has 22 heavy (non-hydrogen) atoms. The van der Waals surface area contributed by atoms with Crippen molar-refractivity contribution in [2.45, 2.75) is 0 Å². The van der Waals surface area contributed by atoms with Gasteiger partial charge in [-0.25, -0.2) is 14.0 Å². The number of hydrogen-bond acceptors (Lipinski definition) is 6. The molecule has 1 aromatic rings. The monoisotopic (exact) mass is 373 g/mol. The molecule has 0 saturated carbocycles. The number of esters is 2. The van der Waals surface area contributed by atoms with Crippen LogP contribution in [0.15, 0.2) is 33.9 Å². The van der Waals surface area contributed by atoms with Crippen LogP contribution < -0.4 is 4.90 Å². The van der Waals surface area contributed by atoms with Gasteiger partial charge in [0.05, 0.1) is 36.6 Å². The van der Waals surface area contributed by atoms with Crippen molar-refractivity contribution in [2.75, 3.05) is 32.5 Å². The van der Waals surface area contributed by atoms with Crippen molar-refractivity contribution in [1.82, 2.24) is 0 Å². The van der Waals surface area contributed by atoms with E-state index in [2.05, 4.69) is 20.7 Å². The Morgan fingerprint density at radius 1 is 1.27 bits per heavy atom. The fourth-order valence-electron chi connectivity index (χ4n) is 2.03. The average molecular weight is 374 g/mol. The minimum Gasteiger partial charge on any atom is -0.466 e. The lowest BCUT2D eigenvalue weighted by molar-refractivity contribution is -0.140. The molecule has 118 valence electrons. The molecule has 0 bridgehead atoms. The zero-order valence-electron chi connectivity index (χ0n) is 11.9. The molecule has 8 heteroatoms. The predicted octanol–water partition coefficient (Wildman–Crippen LogP) is 1.98. The molecule has 0 atom stereocenters. The number of carbonyl (C=O) groups excluding carboxylic acids is 2. The summed E-state index contributed by atoms with van der Waals surface area (Å²) in [5.74, 6) is -2.10. The van der Waals surface area contributed by atoms with Crippen LogP contribution in [0.2, 0.25) is 0 Å². The van der Waals surface area contributed by atoms with Crippen LogP contribution in [-0.4, -0.2) is 39.5 Å². The number of hydrogen-bond donors (Lipinski definition) is 0. The van der Waals surface area contributed by atoms with Crippen LogP contribution in [0.25, 0.3) is 0 Å². The number of anilines is 1. The van der Waals surface area contributed by atoms with Gasteiger partial charge in [0.15, 0.2) is 5.82 Å².